The predicted octanol–water partition coefficient (Wildman–Crippen LogP) is 17.7. The van der Waals surface area contributed by atoms with Crippen LogP contribution in [0.3, 0.4) is 0 Å². The van der Waals surface area contributed by atoms with Gasteiger partial charge in [-0.1, -0.05) is 152 Å². The van der Waals surface area contributed by atoms with Gasteiger partial charge >= 0.3 is 0 Å². The van der Waals surface area contributed by atoms with Crippen molar-refractivity contribution in [3.05, 3.63) is 263 Å². The monoisotopic (exact) mass is 1090 g/mol. The molecule has 12 rings (SSSR count). The Morgan fingerprint density at radius 2 is 0.737 bits per heavy atom. The average Bonchev–Trinajstić information content (AvgIpc) is 4.21. The van der Waals surface area contributed by atoms with Crippen LogP contribution in [0.5, 0.6) is 0 Å². The van der Waals surface area contributed by atoms with E-state index in [0.717, 1.165) is 80.2 Å². The molecule has 8 aromatic carbocycles. The van der Waals surface area contributed by atoms with Gasteiger partial charge in [0.2, 0.25) is 0 Å². The summed E-state index contributed by atoms with van der Waals surface area (Å²) in [4.78, 5) is 0. The van der Waals surface area contributed by atoms with Gasteiger partial charge in [-0.3, -0.25) is 0 Å². The Balaban J connectivity index is 1.03. The fourth-order valence-corrected chi connectivity index (χ4v) is 27.9. The Bertz CT molecular complexity index is 3180. The number of hydrogen-bond donors (Lipinski definition) is 0. The Kier molecular flexibility index (Phi) is 15.5. The number of nitrogens with zero attached hydrogens (tertiary/aromatic N) is 2. The third-order valence-corrected chi connectivity index (χ3v) is 29.6. The highest BCUT2D eigenvalue weighted by Crippen LogP contribution is 2.81. The lowest BCUT2D eigenvalue weighted by Crippen LogP contribution is -2.40. The second-order valence-corrected chi connectivity index (χ2v) is 30.1. The van der Waals surface area contributed by atoms with Crippen LogP contribution in [0.1, 0.15) is 114 Å². The molecule has 2 saturated heterocycles. The molecule has 0 spiro atoms. The van der Waals surface area contributed by atoms with Gasteiger partial charge in [0.1, 0.15) is 34.9 Å². The highest BCUT2D eigenvalue weighted by atomic mass is 31.2. The van der Waals surface area contributed by atoms with Crippen LogP contribution in [0, 0.1) is 34.9 Å². The minimum absolute atomic E-state index is 0.0832. The van der Waals surface area contributed by atoms with Gasteiger partial charge in [-0.05, 0) is 143 Å². The maximum absolute atomic E-state index is 18.5. The Morgan fingerprint density at radius 1 is 0.342 bits per heavy atom. The van der Waals surface area contributed by atoms with E-state index in [4.69, 9.17) is 0 Å². The lowest BCUT2D eigenvalue weighted by atomic mass is 9.87. The number of hydrogen-bond acceptors (Lipinski definition) is 2. The number of rotatable bonds is 15. The predicted molar refractivity (Wildman–Crippen MR) is 304 cm³/mol. The minimum atomic E-state index is -2.04. The fourth-order valence-electron chi connectivity index (χ4n) is 12.2. The second-order valence-electron chi connectivity index (χ2n) is 20.6. The van der Waals surface area contributed by atoms with Crippen molar-refractivity contribution in [3.8, 4) is 0 Å². The van der Waals surface area contributed by atoms with Gasteiger partial charge in [0, 0.05) is 84.2 Å². The standard InChI is InChI=1S/C64H58F6N2P4/c65-48-32-35-61(55(69)40-48)75(62-36-33-49(66)41-56(62)70)72(51-27-16-28-51)76-63(45-21-9-3-10-22-45)42-52(64(76)46-23-11-4-12-24-46)47-31-34-60(54(68)39-47)74(59-30-14-13-29-53(59)67)71(50-25-15-26-50)73-57(43-17-5-1-6-18-43)37-38-58(73)44-19-7-2-8-20-44/h1-14,17-24,29-36,39-41,50-52,57-58,63-64H,15-16,25-28,37-38,42H2/t52?,57-,58-,63-,64+,74?,76?/m0/s1. The molecule has 0 amide bonds. The van der Waals surface area contributed by atoms with Gasteiger partial charge in [-0.25, -0.2) is 35.2 Å². The molecule has 2 nitrogen and oxygen atoms in total. The first-order valence-corrected chi connectivity index (χ1v) is 32.1. The summed E-state index contributed by atoms with van der Waals surface area (Å²) in [5, 5.41) is 1.40. The number of halogens is 6. The zero-order valence-corrected chi connectivity index (χ0v) is 45.5. The molecule has 12 heteroatoms. The van der Waals surface area contributed by atoms with Crippen molar-refractivity contribution < 1.29 is 26.3 Å². The second kappa shape index (κ2) is 22.8. The van der Waals surface area contributed by atoms with E-state index in [1.165, 1.54) is 41.5 Å². The van der Waals surface area contributed by atoms with Crippen molar-refractivity contribution >= 4 is 53.5 Å². The van der Waals surface area contributed by atoms with Crippen LogP contribution in [-0.4, -0.2) is 21.0 Å². The van der Waals surface area contributed by atoms with Crippen molar-refractivity contribution in [1.29, 1.82) is 0 Å². The van der Waals surface area contributed by atoms with E-state index >= 15 is 17.6 Å². The molecule has 4 aliphatic rings. The molecule has 2 aliphatic heterocycles. The number of benzene rings is 8. The van der Waals surface area contributed by atoms with Crippen LogP contribution < -0.4 is 21.2 Å². The van der Waals surface area contributed by atoms with Gasteiger partial charge in [0.25, 0.3) is 0 Å². The molecule has 0 bridgehead atoms. The van der Waals surface area contributed by atoms with E-state index in [-0.39, 0.29) is 62.9 Å². The van der Waals surface area contributed by atoms with Crippen molar-refractivity contribution in [3.63, 3.8) is 0 Å². The normalized spacial score (nSPS) is 22.5. The molecule has 386 valence electrons. The summed E-state index contributed by atoms with van der Waals surface area (Å²) in [5.41, 5.74) is 5.48. The molecule has 8 aromatic rings. The topological polar surface area (TPSA) is 6.48 Å². The van der Waals surface area contributed by atoms with Gasteiger partial charge in [-0.2, -0.15) is 0 Å². The third kappa shape index (κ3) is 10.1. The molecule has 0 N–H and O–H groups in total. The van der Waals surface area contributed by atoms with Crippen LogP contribution in [0.25, 0.3) is 0 Å². The summed E-state index contributed by atoms with van der Waals surface area (Å²) in [6, 6.07) is 61.9. The van der Waals surface area contributed by atoms with E-state index in [2.05, 4.69) is 99.9 Å². The molecule has 4 fully saturated rings. The van der Waals surface area contributed by atoms with Crippen LogP contribution in [0.4, 0.5) is 26.3 Å². The van der Waals surface area contributed by atoms with Crippen LogP contribution >= 0.6 is 32.3 Å². The molecule has 0 aromatic heterocycles. The maximum atomic E-state index is 18.5. The smallest absolute Gasteiger partial charge is 0.135 e. The molecule has 2 aliphatic carbocycles. The largest absolute Gasteiger partial charge is 0.248 e. The molecule has 2 saturated carbocycles. The lowest BCUT2D eigenvalue weighted by Gasteiger charge is -2.50. The van der Waals surface area contributed by atoms with E-state index in [1.54, 1.807) is 12.1 Å². The zero-order chi connectivity index (χ0) is 51.9. The lowest BCUT2D eigenvalue weighted by molar-refractivity contribution is 0.313. The van der Waals surface area contributed by atoms with Gasteiger partial charge < -0.3 is 0 Å². The Morgan fingerprint density at radius 3 is 1.17 bits per heavy atom. The molecule has 2 heterocycles. The highest BCUT2D eigenvalue weighted by Gasteiger charge is 2.54. The molecular weight excluding hydrogens is 1030 g/mol. The summed E-state index contributed by atoms with van der Waals surface area (Å²) >= 11 is 0. The van der Waals surface area contributed by atoms with E-state index < -0.39 is 55.6 Å². The molecule has 7 atom stereocenters. The molecule has 3 unspecified atom stereocenters. The Labute approximate surface area is 447 Å². The van der Waals surface area contributed by atoms with Crippen molar-refractivity contribution in [2.45, 2.75) is 98.4 Å². The average molecular weight is 1090 g/mol. The molecule has 0 radical (unpaired) electrons. The third-order valence-electron chi connectivity index (χ3n) is 16.2. The van der Waals surface area contributed by atoms with E-state index in [9.17, 15) is 8.78 Å². The molecular formula is C64H58F6N2P4. The van der Waals surface area contributed by atoms with Gasteiger partial charge in [0.05, 0.1) is 0 Å². The summed E-state index contributed by atoms with van der Waals surface area (Å²) < 4.78 is 103. The summed E-state index contributed by atoms with van der Waals surface area (Å²) in [6.45, 7) is 0. The SMILES string of the molecule is Fc1ccc(P(c2ccc(F)cc2F)N(C2CCC2)P2[C@H](c3ccccc3)C(c3ccc(P(c4ccccc4F)N(C4CCC4)P4[C@H](c5ccccc5)CC[C@H]4c4ccccc4)c(F)c3)C[C@H]2c2ccccc2)c(F)c1. The zero-order valence-electron chi connectivity index (χ0n) is 41.9. The van der Waals surface area contributed by atoms with Crippen molar-refractivity contribution in [1.82, 2.24) is 8.88 Å². The van der Waals surface area contributed by atoms with E-state index in [0.29, 0.717) is 17.0 Å². The van der Waals surface area contributed by atoms with Crippen molar-refractivity contribution in [2.24, 2.45) is 0 Å². The first-order chi connectivity index (χ1) is 37.2. The Hall–Kier alpha value is -5.02. The summed E-state index contributed by atoms with van der Waals surface area (Å²) in [5.74, 6) is -3.98. The van der Waals surface area contributed by atoms with Crippen LogP contribution in [-0.2, 0) is 0 Å². The summed E-state index contributed by atoms with van der Waals surface area (Å²) in [6.07, 6.45) is 8.06. The van der Waals surface area contributed by atoms with E-state index in [1.807, 2.05) is 54.6 Å². The first-order valence-electron chi connectivity index (χ1n) is 26.6. The molecule has 76 heavy (non-hydrogen) atoms. The fraction of sp³-hybridized carbons (Fsp3) is 0.250. The summed E-state index contributed by atoms with van der Waals surface area (Å²) in [7, 11) is -6.24. The first kappa shape index (κ1) is 51.7. The maximum Gasteiger partial charge on any atom is 0.135 e. The minimum Gasteiger partial charge on any atom is -0.248 e. The van der Waals surface area contributed by atoms with Gasteiger partial charge in [0.15, 0.2) is 0 Å². The van der Waals surface area contributed by atoms with Crippen LogP contribution in [0.15, 0.2) is 200 Å². The highest BCUT2D eigenvalue weighted by molar-refractivity contribution is 7.80. The quantitative estimate of drug-likeness (QED) is 0.0746. The van der Waals surface area contributed by atoms with Gasteiger partial charge in [-0.15, -0.1) is 0 Å². The van der Waals surface area contributed by atoms with Crippen LogP contribution in [0.2, 0.25) is 0 Å². The van der Waals surface area contributed by atoms with Crippen molar-refractivity contribution in [2.75, 3.05) is 0 Å².